The van der Waals surface area contributed by atoms with Gasteiger partial charge in [0.15, 0.2) is 0 Å². The van der Waals surface area contributed by atoms with E-state index in [-0.39, 0.29) is 12.5 Å². The Morgan fingerprint density at radius 1 is 1.08 bits per heavy atom. The van der Waals surface area contributed by atoms with Crippen LogP contribution in [0.3, 0.4) is 0 Å². The van der Waals surface area contributed by atoms with Crippen molar-refractivity contribution in [3.05, 3.63) is 64.1 Å². The normalized spacial score (nSPS) is 10.6. The van der Waals surface area contributed by atoms with Crippen LogP contribution in [0.15, 0.2) is 48.5 Å². The maximum absolute atomic E-state index is 12.0. The summed E-state index contributed by atoms with van der Waals surface area (Å²) < 4.78 is 0. The zero-order valence-corrected chi connectivity index (χ0v) is 14.0. The molecule has 122 valence electrons. The Balaban J connectivity index is 1.59. The van der Waals surface area contributed by atoms with Crippen molar-refractivity contribution >= 4 is 29.1 Å². The molecule has 2 aromatic carbocycles. The Kier molecular flexibility index (Phi) is 5.08. The van der Waals surface area contributed by atoms with Crippen LogP contribution < -0.4 is 5.32 Å². The van der Waals surface area contributed by atoms with E-state index in [1.165, 1.54) is 4.80 Å². The molecule has 0 fully saturated rings. The largest absolute Gasteiger partial charge is 0.350 e. The van der Waals surface area contributed by atoms with Crippen LogP contribution in [-0.2, 0) is 17.9 Å². The summed E-state index contributed by atoms with van der Waals surface area (Å²) in [4.78, 5) is 13.2. The van der Waals surface area contributed by atoms with E-state index in [0.717, 1.165) is 5.56 Å². The Morgan fingerprint density at radius 3 is 2.58 bits per heavy atom. The van der Waals surface area contributed by atoms with Crippen LogP contribution in [0.2, 0.25) is 10.0 Å². The summed E-state index contributed by atoms with van der Waals surface area (Å²) in [6.45, 7) is 0.382. The molecule has 0 radical (unpaired) electrons. The second-order valence-electron chi connectivity index (χ2n) is 5.03. The first-order valence-electron chi connectivity index (χ1n) is 7.15. The van der Waals surface area contributed by atoms with E-state index in [1.807, 2.05) is 24.3 Å². The Morgan fingerprint density at radius 2 is 1.83 bits per heavy atom. The highest BCUT2D eigenvalue weighted by Crippen LogP contribution is 2.23. The number of rotatable bonds is 5. The molecule has 0 bridgehead atoms. The topological polar surface area (TPSA) is 72.7 Å². The molecule has 0 aliphatic rings. The van der Waals surface area contributed by atoms with Crippen LogP contribution in [0.1, 0.15) is 5.56 Å². The molecule has 0 aliphatic carbocycles. The van der Waals surface area contributed by atoms with E-state index in [0.29, 0.717) is 28.0 Å². The quantitative estimate of drug-likeness (QED) is 0.758. The predicted octanol–water partition coefficient (Wildman–Crippen LogP) is 2.96. The lowest BCUT2D eigenvalue weighted by molar-refractivity contribution is -0.122. The number of amides is 1. The number of hydrogen-bond acceptors (Lipinski definition) is 4. The zero-order chi connectivity index (χ0) is 16.9. The SMILES string of the molecule is O=C(Cn1nnc(-c2ccccc2Cl)n1)NCc1ccc(Cl)cc1. The number of carbonyl (C=O) groups excluding carboxylic acids is 1. The molecule has 6 nitrogen and oxygen atoms in total. The maximum atomic E-state index is 12.0. The smallest absolute Gasteiger partial charge is 0.243 e. The molecule has 0 saturated heterocycles. The molecule has 0 atom stereocenters. The summed E-state index contributed by atoms with van der Waals surface area (Å²) in [6, 6.07) is 14.5. The van der Waals surface area contributed by atoms with Gasteiger partial charge in [-0.1, -0.05) is 47.5 Å². The fourth-order valence-corrected chi connectivity index (χ4v) is 2.39. The Labute approximate surface area is 148 Å². The molecule has 8 heteroatoms. The van der Waals surface area contributed by atoms with Gasteiger partial charge in [0.2, 0.25) is 11.7 Å². The third-order valence-electron chi connectivity index (χ3n) is 3.26. The lowest BCUT2D eigenvalue weighted by Gasteiger charge is -2.04. The average Bonchev–Trinajstić information content (AvgIpc) is 3.03. The molecule has 1 amide bonds. The molecule has 1 N–H and O–H groups in total. The van der Waals surface area contributed by atoms with Gasteiger partial charge < -0.3 is 5.32 Å². The van der Waals surface area contributed by atoms with E-state index >= 15 is 0 Å². The second kappa shape index (κ2) is 7.42. The first-order chi connectivity index (χ1) is 11.6. The Bertz CT molecular complexity index is 848. The molecule has 0 saturated carbocycles. The summed E-state index contributed by atoms with van der Waals surface area (Å²) in [5.74, 6) is 0.166. The van der Waals surface area contributed by atoms with Crippen LogP contribution in [0.4, 0.5) is 0 Å². The fraction of sp³-hybridized carbons (Fsp3) is 0.125. The van der Waals surface area contributed by atoms with Crippen molar-refractivity contribution in [3.8, 4) is 11.4 Å². The molecule has 0 unspecified atom stereocenters. The molecule has 0 aliphatic heterocycles. The third kappa shape index (κ3) is 4.10. The van der Waals surface area contributed by atoms with E-state index in [1.54, 1.807) is 24.3 Å². The first-order valence-corrected chi connectivity index (χ1v) is 7.91. The number of hydrogen-bond donors (Lipinski definition) is 1. The van der Waals surface area contributed by atoms with Crippen LogP contribution >= 0.6 is 23.2 Å². The minimum atomic E-state index is -0.215. The van der Waals surface area contributed by atoms with Gasteiger partial charge in [-0.05, 0) is 35.0 Å². The highest BCUT2D eigenvalue weighted by Gasteiger charge is 2.11. The molecule has 1 aromatic heterocycles. The number of tetrazole rings is 1. The average molecular weight is 362 g/mol. The predicted molar refractivity (Wildman–Crippen MR) is 91.6 cm³/mol. The Hall–Kier alpha value is -2.44. The van der Waals surface area contributed by atoms with Crippen molar-refractivity contribution in [1.82, 2.24) is 25.5 Å². The van der Waals surface area contributed by atoms with Crippen molar-refractivity contribution in [1.29, 1.82) is 0 Å². The number of nitrogens with zero attached hydrogens (tertiary/aromatic N) is 4. The fourth-order valence-electron chi connectivity index (χ4n) is 2.05. The van der Waals surface area contributed by atoms with Gasteiger partial charge in [0.1, 0.15) is 6.54 Å². The van der Waals surface area contributed by atoms with E-state index in [4.69, 9.17) is 23.2 Å². The van der Waals surface area contributed by atoms with Crippen molar-refractivity contribution in [2.24, 2.45) is 0 Å². The van der Waals surface area contributed by atoms with Gasteiger partial charge in [0.05, 0.1) is 5.02 Å². The zero-order valence-electron chi connectivity index (χ0n) is 12.5. The van der Waals surface area contributed by atoms with Crippen LogP contribution in [0.5, 0.6) is 0 Å². The number of aromatic nitrogens is 4. The molecule has 3 aromatic rings. The molecular weight excluding hydrogens is 349 g/mol. The summed E-state index contributed by atoms with van der Waals surface area (Å²) >= 11 is 11.9. The molecule has 24 heavy (non-hydrogen) atoms. The van der Waals surface area contributed by atoms with Gasteiger partial charge in [0, 0.05) is 17.1 Å². The monoisotopic (exact) mass is 361 g/mol. The van der Waals surface area contributed by atoms with Crippen molar-refractivity contribution in [2.75, 3.05) is 0 Å². The van der Waals surface area contributed by atoms with Crippen LogP contribution in [-0.4, -0.2) is 26.1 Å². The maximum Gasteiger partial charge on any atom is 0.243 e. The highest BCUT2D eigenvalue weighted by molar-refractivity contribution is 6.33. The number of benzene rings is 2. The minimum Gasteiger partial charge on any atom is -0.350 e. The summed E-state index contributed by atoms with van der Waals surface area (Å²) in [5, 5.41) is 16.0. The van der Waals surface area contributed by atoms with Gasteiger partial charge in [-0.15, -0.1) is 10.2 Å². The second-order valence-corrected chi connectivity index (χ2v) is 5.87. The standard InChI is InChI=1S/C16H13Cl2N5O/c17-12-7-5-11(6-8-12)9-19-15(24)10-23-21-16(20-22-23)13-3-1-2-4-14(13)18/h1-8H,9-10H2,(H,19,24). The molecular formula is C16H13Cl2N5O. The van der Waals surface area contributed by atoms with Gasteiger partial charge in [-0.25, -0.2) is 0 Å². The van der Waals surface area contributed by atoms with Crippen molar-refractivity contribution < 1.29 is 4.79 Å². The number of nitrogens with one attached hydrogen (secondary N) is 1. The number of carbonyl (C=O) groups is 1. The van der Waals surface area contributed by atoms with Gasteiger partial charge >= 0.3 is 0 Å². The summed E-state index contributed by atoms with van der Waals surface area (Å²) in [7, 11) is 0. The van der Waals surface area contributed by atoms with Gasteiger partial charge in [0.25, 0.3) is 0 Å². The summed E-state index contributed by atoms with van der Waals surface area (Å²) in [5.41, 5.74) is 1.63. The molecule has 0 spiro atoms. The lowest BCUT2D eigenvalue weighted by atomic mass is 10.2. The first kappa shape index (κ1) is 16.4. The third-order valence-corrected chi connectivity index (χ3v) is 3.84. The number of halogens is 2. The van der Waals surface area contributed by atoms with Gasteiger partial charge in [-0.2, -0.15) is 4.80 Å². The van der Waals surface area contributed by atoms with E-state index in [9.17, 15) is 4.79 Å². The molecule has 3 rings (SSSR count). The van der Waals surface area contributed by atoms with Crippen molar-refractivity contribution in [2.45, 2.75) is 13.1 Å². The van der Waals surface area contributed by atoms with Crippen LogP contribution in [0, 0.1) is 0 Å². The van der Waals surface area contributed by atoms with Crippen molar-refractivity contribution in [3.63, 3.8) is 0 Å². The van der Waals surface area contributed by atoms with Crippen LogP contribution in [0.25, 0.3) is 11.4 Å². The van der Waals surface area contributed by atoms with Gasteiger partial charge in [-0.3, -0.25) is 4.79 Å². The lowest BCUT2D eigenvalue weighted by Crippen LogP contribution is -2.28. The summed E-state index contributed by atoms with van der Waals surface area (Å²) in [6.07, 6.45) is 0. The van der Waals surface area contributed by atoms with E-state index in [2.05, 4.69) is 20.7 Å². The highest BCUT2D eigenvalue weighted by atomic mass is 35.5. The minimum absolute atomic E-state index is 0.0228. The molecule has 1 heterocycles. The van der Waals surface area contributed by atoms with E-state index < -0.39 is 0 Å².